The van der Waals surface area contributed by atoms with Crippen LogP contribution in [0.3, 0.4) is 0 Å². The third-order valence-corrected chi connectivity index (χ3v) is 4.01. The fraction of sp³-hybridized carbons (Fsp3) is 0.118. The Bertz CT molecular complexity index is 802. The maximum Gasteiger partial charge on any atom is 0.230 e. The van der Waals surface area contributed by atoms with E-state index < -0.39 is 0 Å². The van der Waals surface area contributed by atoms with Crippen LogP contribution in [0.4, 0.5) is 5.13 Å². The Kier molecular flexibility index (Phi) is 4.63. The number of nitrogens with zero attached hydrogens (tertiary/aromatic N) is 2. The van der Waals surface area contributed by atoms with Crippen molar-refractivity contribution in [3.8, 4) is 17.0 Å². The van der Waals surface area contributed by atoms with Gasteiger partial charge in [0.25, 0.3) is 0 Å². The fourth-order valence-corrected chi connectivity index (χ4v) is 2.90. The molecule has 1 aromatic carbocycles. The molecule has 0 bridgehead atoms. The van der Waals surface area contributed by atoms with Gasteiger partial charge < -0.3 is 10.1 Å². The largest absolute Gasteiger partial charge is 0.496 e. The number of carbonyl (C=O) groups is 1. The molecule has 0 saturated carbocycles. The van der Waals surface area contributed by atoms with Crippen molar-refractivity contribution in [2.75, 3.05) is 12.4 Å². The molecule has 23 heavy (non-hydrogen) atoms. The van der Waals surface area contributed by atoms with E-state index in [-0.39, 0.29) is 12.3 Å². The molecule has 0 saturated heterocycles. The van der Waals surface area contributed by atoms with Crippen molar-refractivity contribution in [3.05, 3.63) is 59.7 Å². The number of methoxy groups -OCH3 is 1. The number of para-hydroxylation sites is 1. The van der Waals surface area contributed by atoms with E-state index in [0.29, 0.717) is 10.9 Å². The van der Waals surface area contributed by atoms with Gasteiger partial charge in [-0.2, -0.15) is 0 Å². The second-order valence-electron chi connectivity index (χ2n) is 4.82. The molecule has 2 aromatic heterocycles. The molecule has 1 amide bonds. The summed E-state index contributed by atoms with van der Waals surface area (Å²) in [6.45, 7) is 0. The van der Waals surface area contributed by atoms with Gasteiger partial charge in [0.05, 0.1) is 19.2 Å². The van der Waals surface area contributed by atoms with Crippen LogP contribution in [0.25, 0.3) is 11.3 Å². The lowest BCUT2D eigenvalue weighted by Gasteiger charge is -2.07. The van der Waals surface area contributed by atoms with Crippen molar-refractivity contribution in [2.45, 2.75) is 6.42 Å². The first-order chi connectivity index (χ1) is 11.3. The van der Waals surface area contributed by atoms with Crippen molar-refractivity contribution < 1.29 is 9.53 Å². The first-order valence-electron chi connectivity index (χ1n) is 7.04. The molecule has 0 aliphatic rings. The SMILES string of the molecule is COc1ccccc1CC(=O)Nc1nc(-c2cccnc2)cs1. The molecule has 0 radical (unpaired) electrons. The Hall–Kier alpha value is -2.73. The average Bonchev–Trinajstić information content (AvgIpc) is 3.04. The lowest BCUT2D eigenvalue weighted by Crippen LogP contribution is -2.14. The molecular formula is C17H15N3O2S. The lowest BCUT2D eigenvalue weighted by atomic mass is 10.1. The smallest absolute Gasteiger partial charge is 0.230 e. The van der Waals surface area contributed by atoms with Gasteiger partial charge in [-0.1, -0.05) is 18.2 Å². The number of carbonyl (C=O) groups excluding carboxylic acids is 1. The molecule has 5 nitrogen and oxygen atoms in total. The number of thiazole rings is 1. The van der Waals surface area contributed by atoms with Crippen LogP contribution in [-0.2, 0) is 11.2 Å². The van der Waals surface area contributed by atoms with Crippen LogP contribution in [-0.4, -0.2) is 23.0 Å². The number of aromatic nitrogens is 2. The van der Waals surface area contributed by atoms with Crippen molar-refractivity contribution >= 4 is 22.4 Å². The highest BCUT2D eigenvalue weighted by molar-refractivity contribution is 7.14. The second-order valence-corrected chi connectivity index (χ2v) is 5.67. The third kappa shape index (κ3) is 3.73. The van der Waals surface area contributed by atoms with Crippen LogP contribution in [0.2, 0.25) is 0 Å². The summed E-state index contributed by atoms with van der Waals surface area (Å²) < 4.78 is 5.26. The standard InChI is InChI=1S/C17H15N3O2S/c1-22-15-7-3-2-5-12(15)9-16(21)20-17-19-14(11-23-17)13-6-4-8-18-10-13/h2-8,10-11H,9H2,1H3,(H,19,20,21). The predicted octanol–water partition coefficient (Wildman–Crippen LogP) is 3.39. The van der Waals surface area contributed by atoms with Crippen molar-refractivity contribution in [1.82, 2.24) is 9.97 Å². The van der Waals surface area contributed by atoms with Gasteiger partial charge in [-0.25, -0.2) is 4.98 Å². The Labute approximate surface area is 138 Å². The highest BCUT2D eigenvalue weighted by Crippen LogP contribution is 2.24. The maximum atomic E-state index is 12.2. The molecule has 6 heteroatoms. The summed E-state index contributed by atoms with van der Waals surface area (Å²) in [6, 6.07) is 11.3. The van der Waals surface area contributed by atoms with Gasteiger partial charge in [-0.15, -0.1) is 11.3 Å². The Morgan fingerprint density at radius 3 is 2.91 bits per heavy atom. The molecule has 3 aromatic rings. The van der Waals surface area contributed by atoms with Crippen LogP contribution in [0.1, 0.15) is 5.56 Å². The molecule has 1 N–H and O–H groups in total. The minimum absolute atomic E-state index is 0.124. The lowest BCUT2D eigenvalue weighted by molar-refractivity contribution is -0.115. The molecule has 0 aliphatic heterocycles. The quantitative estimate of drug-likeness (QED) is 0.781. The van der Waals surface area contributed by atoms with Crippen LogP contribution < -0.4 is 10.1 Å². The Morgan fingerprint density at radius 2 is 2.13 bits per heavy atom. The van der Waals surface area contributed by atoms with E-state index in [1.54, 1.807) is 19.5 Å². The number of hydrogen-bond donors (Lipinski definition) is 1. The normalized spacial score (nSPS) is 10.3. The molecule has 116 valence electrons. The molecular weight excluding hydrogens is 310 g/mol. The van der Waals surface area contributed by atoms with E-state index >= 15 is 0 Å². The van der Waals surface area contributed by atoms with Gasteiger partial charge in [0, 0.05) is 28.9 Å². The van der Waals surface area contributed by atoms with Gasteiger partial charge >= 0.3 is 0 Å². The van der Waals surface area contributed by atoms with Crippen molar-refractivity contribution in [3.63, 3.8) is 0 Å². The van der Waals surface area contributed by atoms with E-state index in [0.717, 1.165) is 16.8 Å². The number of pyridine rings is 1. The van der Waals surface area contributed by atoms with Crippen LogP contribution in [0.5, 0.6) is 5.75 Å². The molecule has 0 unspecified atom stereocenters. The summed E-state index contributed by atoms with van der Waals surface area (Å²) in [5.74, 6) is 0.583. The van der Waals surface area contributed by atoms with Crippen LogP contribution >= 0.6 is 11.3 Å². The molecule has 3 rings (SSSR count). The minimum Gasteiger partial charge on any atom is -0.496 e. The van der Waals surface area contributed by atoms with E-state index in [2.05, 4.69) is 15.3 Å². The zero-order chi connectivity index (χ0) is 16.1. The van der Waals surface area contributed by atoms with Gasteiger partial charge in [-0.05, 0) is 18.2 Å². The molecule has 0 aliphatic carbocycles. The summed E-state index contributed by atoms with van der Waals surface area (Å²) in [5.41, 5.74) is 2.57. The monoisotopic (exact) mass is 325 g/mol. The molecule has 2 heterocycles. The summed E-state index contributed by atoms with van der Waals surface area (Å²) in [6.07, 6.45) is 3.70. The van der Waals surface area contributed by atoms with E-state index in [9.17, 15) is 4.79 Å². The topological polar surface area (TPSA) is 64.1 Å². The minimum atomic E-state index is -0.124. The van der Waals surface area contributed by atoms with Crippen LogP contribution in [0, 0.1) is 0 Å². The third-order valence-electron chi connectivity index (χ3n) is 3.25. The first-order valence-corrected chi connectivity index (χ1v) is 7.92. The Morgan fingerprint density at radius 1 is 1.26 bits per heavy atom. The van der Waals surface area contributed by atoms with Gasteiger partial charge in [-0.3, -0.25) is 9.78 Å². The Balaban J connectivity index is 1.68. The zero-order valence-corrected chi connectivity index (χ0v) is 13.3. The summed E-state index contributed by atoms with van der Waals surface area (Å²) >= 11 is 1.39. The molecule has 0 fully saturated rings. The number of benzene rings is 1. The summed E-state index contributed by atoms with van der Waals surface area (Å²) in [7, 11) is 1.59. The molecule has 0 atom stereocenters. The first kappa shape index (κ1) is 15.2. The number of ether oxygens (including phenoxy) is 1. The highest BCUT2D eigenvalue weighted by Gasteiger charge is 2.11. The van der Waals surface area contributed by atoms with Gasteiger partial charge in [0.15, 0.2) is 5.13 Å². The van der Waals surface area contributed by atoms with Gasteiger partial charge in [0.1, 0.15) is 5.75 Å². The van der Waals surface area contributed by atoms with Gasteiger partial charge in [0.2, 0.25) is 5.91 Å². The second kappa shape index (κ2) is 7.02. The van der Waals surface area contributed by atoms with E-state index in [1.165, 1.54) is 11.3 Å². The number of rotatable bonds is 5. The molecule has 0 spiro atoms. The van der Waals surface area contributed by atoms with Crippen LogP contribution in [0.15, 0.2) is 54.2 Å². The van der Waals surface area contributed by atoms with E-state index in [1.807, 2.05) is 41.8 Å². The number of amides is 1. The fourth-order valence-electron chi connectivity index (χ4n) is 2.16. The average molecular weight is 325 g/mol. The summed E-state index contributed by atoms with van der Waals surface area (Å²) in [5, 5.41) is 5.30. The van der Waals surface area contributed by atoms with E-state index in [4.69, 9.17) is 4.74 Å². The summed E-state index contributed by atoms with van der Waals surface area (Å²) in [4.78, 5) is 20.7. The number of anilines is 1. The maximum absolute atomic E-state index is 12.2. The van der Waals surface area contributed by atoms with Crippen molar-refractivity contribution in [1.29, 1.82) is 0 Å². The number of nitrogens with one attached hydrogen (secondary N) is 1. The predicted molar refractivity (Wildman–Crippen MR) is 90.7 cm³/mol. The highest BCUT2D eigenvalue weighted by atomic mass is 32.1. The van der Waals surface area contributed by atoms with Crippen molar-refractivity contribution in [2.24, 2.45) is 0 Å². The number of hydrogen-bond acceptors (Lipinski definition) is 5. The zero-order valence-electron chi connectivity index (χ0n) is 12.5.